The molecule has 0 saturated carbocycles. The molecule has 0 amide bonds. The highest BCUT2D eigenvalue weighted by Crippen LogP contribution is 2.23. The molecule has 0 bridgehead atoms. The Bertz CT molecular complexity index is 505. The molecule has 0 saturated heterocycles. The van der Waals surface area contributed by atoms with E-state index in [1.54, 1.807) is 0 Å². The molecule has 0 N–H and O–H groups in total. The van der Waals surface area contributed by atoms with Gasteiger partial charge in [-0.25, -0.2) is 4.99 Å². The van der Waals surface area contributed by atoms with Crippen LogP contribution in [0.4, 0.5) is 13.2 Å². The van der Waals surface area contributed by atoms with E-state index in [4.69, 9.17) is 0 Å². The summed E-state index contributed by atoms with van der Waals surface area (Å²) >= 11 is 0. The van der Waals surface area contributed by atoms with Gasteiger partial charge in [-0.2, -0.15) is 13.2 Å². The highest BCUT2D eigenvalue weighted by molar-refractivity contribution is 6.13. The third-order valence-corrected chi connectivity index (χ3v) is 3.06. The molecule has 102 valence electrons. The van der Waals surface area contributed by atoms with Gasteiger partial charge in [0.2, 0.25) is 0 Å². The summed E-state index contributed by atoms with van der Waals surface area (Å²) in [7, 11) is 0. The zero-order valence-corrected chi connectivity index (χ0v) is 10.7. The molecule has 2 rings (SSSR count). The van der Waals surface area contributed by atoms with E-state index in [0.717, 1.165) is 12.0 Å². The minimum Gasteiger partial charge on any atom is -0.260 e. The summed E-state index contributed by atoms with van der Waals surface area (Å²) in [6.07, 6.45) is 5.79. The molecule has 0 atom stereocenters. The van der Waals surface area contributed by atoms with Crippen molar-refractivity contribution in [1.29, 1.82) is 0 Å². The van der Waals surface area contributed by atoms with Crippen LogP contribution in [0.25, 0.3) is 0 Å². The lowest BCUT2D eigenvalue weighted by molar-refractivity contribution is -0.0592. The first kappa shape index (κ1) is 13.8. The maximum atomic E-state index is 12.5. The quantitative estimate of drug-likeness (QED) is 0.722. The van der Waals surface area contributed by atoms with Crippen molar-refractivity contribution >= 4 is 11.5 Å². The average Bonchev–Trinajstić information content (AvgIpc) is 2.78. The Morgan fingerprint density at radius 1 is 1.26 bits per heavy atom. The predicted molar refractivity (Wildman–Crippen MR) is 70.6 cm³/mol. The van der Waals surface area contributed by atoms with Crippen LogP contribution in [0.1, 0.15) is 26.2 Å². The van der Waals surface area contributed by atoms with Crippen molar-refractivity contribution in [3.8, 4) is 0 Å². The smallest absolute Gasteiger partial charge is 0.260 e. The number of nitrogens with zero attached hydrogens (tertiary/aromatic N) is 2. The first-order chi connectivity index (χ1) is 9.00. The summed E-state index contributed by atoms with van der Waals surface area (Å²) in [6.45, 7) is 1.71. The van der Waals surface area contributed by atoms with E-state index in [0.29, 0.717) is 12.8 Å². The van der Waals surface area contributed by atoms with Gasteiger partial charge in [0.05, 0.1) is 6.54 Å². The maximum Gasteiger partial charge on any atom is 0.431 e. The Morgan fingerprint density at radius 3 is 2.68 bits per heavy atom. The molecular formula is C14H15F3N2. The molecule has 2 nitrogen and oxygen atoms in total. The molecule has 0 aromatic heterocycles. The van der Waals surface area contributed by atoms with E-state index in [1.807, 2.05) is 18.2 Å². The summed E-state index contributed by atoms with van der Waals surface area (Å²) in [5, 5.41) is 0. The lowest BCUT2D eigenvalue weighted by Crippen LogP contribution is -2.23. The van der Waals surface area contributed by atoms with Gasteiger partial charge in [-0.1, -0.05) is 36.8 Å². The molecule has 0 unspecified atom stereocenters. The Kier molecular flexibility index (Phi) is 4.02. The van der Waals surface area contributed by atoms with E-state index in [9.17, 15) is 13.2 Å². The van der Waals surface area contributed by atoms with Crippen molar-refractivity contribution in [1.82, 2.24) is 0 Å². The number of alkyl halides is 3. The largest absolute Gasteiger partial charge is 0.431 e. The van der Waals surface area contributed by atoms with Crippen LogP contribution in [0.15, 0.2) is 45.4 Å². The van der Waals surface area contributed by atoms with Gasteiger partial charge in [-0.15, -0.1) is 0 Å². The van der Waals surface area contributed by atoms with Crippen LogP contribution in [0, 0.1) is 0 Å². The van der Waals surface area contributed by atoms with Crippen molar-refractivity contribution in [2.24, 2.45) is 9.98 Å². The van der Waals surface area contributed by atoms with Crippen molar-refractivity contribution in [3.63, 3.8) is 0 Å². The van der Waals surface area contributed by atoms with Crippen LogP contribution >= 0.6 is 0 Å². The second kappa shape index (κ2) is 5.55. The fraction of sp³-hybridized carbons (Fsp3) is 0.429. The first-order valence-corrected chi connectivity index (χ1v) is 6.25. The zero-order chi connectivity index (χ0) is 13.9. The highest BCUT2D eigenvalue weighted by atomic mass is 19.4. The summed E-state index contributed by atoms with van der Waals surface area (Å²) in [5.41, 5.74) is 1.20. The molecule has 1 aliphatic heterocycles. The molecule has 0 fully saturated rings. The first-order valence-electron chi connectivity index (χ1n) is 6.25. The van der Waals surface area contributed by atoms with Crippen LogP contribution in [0.5, 0.6) is 0 Å². The van der Waals surface area contributed by atoms with Crippen LogP contribution in [-0.2, 0) is 0 Å². The lowest BCUT2D eigenvalue weighted by atomic mass is 10.0. The van der Waals surface area contributed by atoms with Crippen LogP contribution in [0.2, 0.25) is 0 Å². The van der Waals surface area contributed by atoms with E-state index in [2.05, 4.69) is 23.0 Å². The third kappa shape index (κ3) is 3.43. The second-order valence-electron chi connectivity index (χ2n) is 4.40. The predicted octanol–water partition coefficient (Wildman–Crippen LogP) is 4.01. The molecule has 0 spiro atoms. The second-order valence-corrected chi connectivity index (χ2v) is 4.40. The molecule has 5 heteroatoms. The molecule has 1 aliphatic carbocycles. The van der Waals surface area contributed by atoms with Crippen LogP contribution in [0.3, 0.4) is 0 Å². The minimum atomic E-state index is -4.38. The van der Waals surface area contributed by atoms with Gasteiger partial charge in [0.1, 0.15) is 5.71 Å². The number of allylic oxidation sites excluding steroid dienone is 5. The highest BCUT2D eigenvalue weighted by Gasteiger charge is 2.37. The van der Waals surface area contributed by atoms with Gasteiger partial charge < -0.3 is 0 Å². The molecule has 1 heterocycles. The van der Waals surface area contributed by atoms with E-state index in [-0.39, 0.29) is 12.4 Å². The normalized spacial score (nSPS) is 22.9. The van der Waals surface area contributed by atoms with Crippen molar-refractivity contribution < 1.29 is 13.2 Å². The molecule has 0 aromatic rings. The van der Waals surface area contributed by atoms with Gasteiger partial charge >= 0.3 is 6.18 Å². The fourth-order valence-electron chi connectivity index (χ4n) is 1.96. The Balaban J connectivity index is 2.15. The van der Waals surface area contributed by atoms with Crippen molar-refractivity contribution in [2.75, 3.05) is 6.54 Å². The lowest BCUT2D eigenvalue weighted by Gasteiger charge is -2.06. The maximum absolute atomic E-state index is 12.5. The topological polar surface area (TPSA) is 24.7 Å². The van der Waals surface area contributed by atoms with E-state index < -0.39 is 11.9 Å². The van der Waals surface area contributed by atoms with Crippen molar-refractivity contribution in [3.05, 3.63) is 35.5 Å². The van der Waals surface area contributed by atoms with Gasteiger partial charge in [-0.05, 0) is 24.8 Å². The van der Waals surface area contributed by atoms with Crippen LogP contribution < -0.4 is 0 Å². The number of hydrogen-bond donors (Lipinski definition) is 0. The standard InChI is InChI=1S/C14H15F3N2/c1-2-10-5-3-7-11(8-4-6-10)13-18-9-12(19-13)14(15,16)17/h3,5-6,8H,2,4,7,9H2,1H3/b5-3?,10-6?,11-8+. The number of amidine groups is 1. The summed E-state index contributed by atoms with van der Waals surface area (Å²) in [4.78, 5) is 7.50. The Hall–Kier alpha value is -1.65. The average molecular weight is 268 g/mol. The summed E-state index contributed by atoms with van der Waals surface area (Å²) < 4.78 is 37.5. The summed E-state index contributed by atoms with van der Waals surface area (Å²) in [6, 6.07) is 0. The van der Waals surface area contributed by atoms with Gasteiger partial charge in [0.25, 0.3) is 0 Å². The van der Waals surface area contributed by atoms with E-state index >= 15 is 0 Å². The molecule has 2 aliphatic rings. The molecule has 0 radical (unpaired) electrons. The van der Waals surface area contributed by atoms with Gasteiger partial charge in [-0.3, -0.25) is 4.99 Å². The minimum absolute atomic E-state index is 0.227. The number of rotatable bonds is 2. The Labute approximate surface area is 110 Å². The fourth-order valence-corrected chi connectivity index (χ4v) is 1.96. The van der Waals surface area contributed by atoms with Crippen molar-refractivity contribution in [2.45, 2.75) is 32.4 Å². The monoisotopic (exact) mass is 268 g/mol. The van der Waals surface area contributed by atoms with Crippen LogP contribution in [-0.4, -0.2) is 24.3 Å². The Morgan fingerprint density at radius 2 is 2.05 bits per heavy atom. The number of hydrogen-bond acceptors (Lipinski definition) is 2. The molecule has 0 aromatic carbocycles. The van der Waals surface area contributed by atoms with E-state index in [1.165, 1.54) is 5.57 Å². The number of halogens is 3. The molecular weight excluding hydrogens is 253 g/mol. The molecule has 19 heavy (non-hydrogen) atoms. The summed E-state index contributed by atoms with van der Waals surface area (Å²) in [5.74, 6) is 0.227. The van der Waals surface area contributed by atoms with Gasteiger partial charge in [0, 0.05) is 0 Å². The zero-order valence-electron chi connectivity index (χ0n) is 10.7. The van der Waals surface area contributed by atoms with Gasteiger partial charge in [0.15, 0.2) is 5.84 Å². The third-order valence-electron chi connectivity index (χ3n) is 3.06. The number of aliphatic imine (C=N–C) groups is 2. The SMILES string of the molecule is CCC1=CC/C=C(/C2=NCC(C(F)(F)F)=N2)CC=C1.